The fraction of sp³-hybridized carbons (Fsp3) is 0.842. The molecule has 2 heteroatoms. The van der Waals surface area contributed by atoms with Crippen molar-refractivity contribution in [2.45, 2.75) is 206 Å². The molecule has 0 aromatic rings. The van der Waals surface area contributed by atoms with Crippen LogP contribution in [0.4, 0.5) is 0 Å². The van der Waals surface area contributed by atoms with Crippen LogP contribution in [0.25, 0.3) is 0 Å². The van der Waals surface area contributed by atoms with Crippen LogP contribution in [0.5, 0.6) is 0 Å². The molecule has 0 saturated carbocycles. The Morgan fingerprint density at radius 3 is 0.875 bits per heavy atom. The van der Waals surface area contributed by atoms with E-state index in [0.717, 1.165) is 12.8 Å². The number of unbranched alkanes of at least 4 members (excludes halogenated alkanes) is 28. The quantitative estimate of drug-likeness (QED) is 0.0352. The summed E-state index contributed by atoms with van der Waals surface area (Å²) >= 11 is 6.73. The molecule has 0 fully saturated rings. The van der Waals surface area contributed by atoms with Crippen molar-refractivity contribution in [3.63, 3.8) is 0 Å². The Kier molecular flexibility index (Phi) is 32.4. The second kappa shape index (κ2) is 32.9. The van der Waals surface area contributed by atoms with Crippen molar-refractivity contribution in [2.75, 3.05) is 0 Å². The van der Waals surface area contributed by atoms with Crippen molar-refractivity contribution in [1.29, 1.82) is 0 Å². The average molecular weight is 590 g/mol. The second-order valence-electron chi connectivity index (χ2n) is 12.2. The Morgan fingerprint density at radius 2 is 0.650 bits per heavy atom. The molecule has 0 aromatic carbocycles. The summed E-state index contributed by atoms with van der Waals surface area (Å²) in [4.78, 5) is 0. The minimum Gasteiger partial charge on any atom is -0.128 e. The fourth-order valence-corrected chi connectivity index (χ4v) is 6.76. The number of halogens is 1. The Bertz CT molecular complexity index is 596. The van der Waals surface area contributed by atoms with Crippen molar-refractivity contribution in [1.82, 2.24) is 0 Å². The lowest BCUT2D eigenvalue weighted by Crippen LogP contribution is -2.20. The molecule has 0 N–H and O–H groups in total. The maximum absolute atomic E-state index is 6.73. The zero-order valence-electron chi connectivity index (χ0n) is 27.4. The first-order valence-electron chi connectivity index (χ1n) is 18.0. The standard InChI is InChI=1S/C38H69ClSi/c1-4-7-9-11-13-15-17-19-21-23-25-27-29-31-33-35-37-40(39,6-3)38-36-34-32-30-28-26-24-22-20-18-16-14-12-10-8-5-2/h6H,3-5,7-34H2,1-2H3. The molecule has 0 bridgehead atoms. The molecule has 0 nitrogen and oxygen atoms in total. The third kappa shape index (κ3) is 30.3. The number of hydrogen-bond acceptors (Lipinski definition) is 0. The highest BCUT2D eigenvalue weighted by atomic mass is 35.6. The van der Waals surface area contributed by atoms with Gasteiger partial charge in [0, 0.05) is 12.8 Å². The van der Waals surface area contributed by atoms with Crippen molar-refractivity contribution in [3.8, 4) is 22.9 Å². The van der Waals surface area contributed by atoms with E-state index in [2.05, 4.69) is 43.4 Å². The summed E-state index contributed by atoms with van der Waals surface area (Å²) in [5.74, 6) is 6.66. The van der Waals surface area contributed by atoms with Gasteiger partial charge in [-0.05, 0) is 12.8 Å². The highest BCUT2D eigenvalue weighted by Crippen LogP contribution is 2.15. The molecule has 0 saturated heterocycles. The zero-order chi connectivity index (χ0) is 29.2. The van der Waals surface area contributed by atoms with E-state index in [1.165, 1.54) is 180 Å². The van der Waals surface area contributed by atoms with E-state index in [1.54, 1.807) is 0 Å². The summed E-state index contributed by atoms with van der Waals surface area (Å²) in [6, 6.07) is 0. The second-order valence-corrected chi connectivity index (χ2v) is 16.3. The lowest BCUT2D eigenvalue weighted by Gasteiger charge is -2.04. The summed E-state index contributed by atoms with van der Waals surface area (Å²) in [5.41, 5.74) is 8.45. The first-order valence-corrected chi connectivity index (χ1v) is 21.1. The molecular weight excluding hydrogens is 520 g/mol. The maximum atomic E-state index is 6.73. The molecule has 0 aliphatic heterocycles. The normalized spacial score (nSPS) is 11.1. The Morgan fingerprint density at radius 1 is 0.425 bits per heavy atom. The Labute approximate surface area is 259 Å². The topological polar surface area (TPSA) is 0 Å². The molecule has 0 aliphatic carbocycles. The lowest BCUT2D eigenvalue weighted by molar-refractivity contribution is 0.536. The van der Waals surface area contributed by atoms with Gasteiger partial charge >= 0.3 is 7.38 Å². The first kappa shape index (κ1) is 39.4. The van der Waals surface area contributed by atoms with E-state index in [0.29, 0.717) is 0 Å². The summed E-state index contributed by atoms with van der Waals surface area (Å²) in [7, 11) is -2.42. The van der Waals surface area contributed by atoms with Gasteiger partial charge in [0.25, 0.3) is 0 Å². The highest BCUT2D eigenvalue weighted by Gasteiger charge is 2.21. The van der Waals surface area contributed by atoms with Gasteiger partial charge in [-0.25, -0.2) is 0 Å². The van der Waals surface area contributed by atoms with Gasteiger partial charge in [-0.2, -0.15) is 0 Å². The van der Waals surface area contributed by atoms with E-state index in [-0.39, 0.29) is 0 Å². The smallest absolute Gasteiger partial charge is 0.128 e. The molecule has 0 rings (SSSR count). The van der Waals surface area contributed by atoms with Crippen LogP contribution in [0.2, 0.25) is 0 Å². The van der Waals surface area contributed by atoms with Crippen LogP contribution in [0.15, 0.2) is 12.3 Å². The molecule has 0 radical (unpaired) electrons. The third-order valence-electron chi connectivity index (χ3n) is 8.13. The maximum Gasteiger partial charge on any atom is 0.331 e. The zero-order valence-corrected chi connectivity index (χ0v) is 29.1. The van der Waals surface area contributed by atoms with E-state index >= 15 is 0 Å². The van der Waals surface area contributed by atoms with Crippen LogP contribution >= 0.6 is 11.1 Å². The minimum atomic E-state index is -2.42. The van der Waals surface area contributed by atoms with Gasteiger partial charge in [-0.15, -0.1) is 29.5 Å². The van der Waals surface area contributed by atoms with Gasteiger partial charge < -0.3 is 0 Å². The van der Waals surface area contributed by atoms with Gasteiger partial charge in [0.05, 0.1) is 0 Å². The van der Waals surface area contributed by atoms with Crippen LogP contribution in [0, 0.1) is 22.9 Å². The van der Waals surface area contributed by atoms with Crippen LogP contribution in [0.1, 0.15) is 206 Å². The molecule has 0 unspecified atom stereocenters. The minimum absolute atomic E-state index is 0.952. The molecule has 0 amide bonds. The van der Waals surface area contributed by atoms with Gasteiger partial charge in [-0.3, -0.25) is 0 Å². The third-order valence-corrected chi connectivity index (χ3v) is 10.8. The van der Waals surface area contributed by atoms with Crippen molar-refractivity contribution in [3.05, 3.63) is 12.3 Å². The lowest BCUT2D eigenvalue weighted by atomic mass is 10.0. The van der Waals surface area contributed by atoms with E-state index in [9.17, 15) is 0 Å². The predicted molar refractivity (Wildman–Crippen MR) is 187 cm³/mol. The SMILES string of the molecule is C=C[Si](Cl)(C#CCCCCCCCCCCCCCCCC)C#CCCCCCCCCCCCCCCCC. The highest BCUT2D eigenvalue weighted by molar-refractivity contribution is 7.31. The predicted octanol–water partition coefficient (Wildman–Crippen LogP) is 13.7. The van der Waals surface area contributed by atoms with Gasteiger partial charge in [-0.1, -0.05) is 198 Å². The van der Waals surface area contributed by atoms with Gasteiger partial charge in [0.2, 0.25) is 0 Å². The molecule has 0 spiro atoms. The molecule has 232 valence electrons. The van der Waals surface area contributed by atoms with Crippen molar-refractivity contribution < 1.29 is 0 Å². The van der Waals surface area contributed by atoms with Crippen molar-refractivity contribution >= 4 is 18.5 Å². The summed E-state index contributed by atoms with van der Waals surface area (Å²) < 4.78 is 0. The Balaban J connectivity index is 3.60. The molecule has 0 aromatic heterocycles. The van der Waals surface area contributed by atoms with Crippen molar-refractivity contribution in [2.24, 2.45) is 0 Å². The van der Waals surface area contributed by atoms with E-state index < -0.39 is 7.38 Å². The Hall–Kier alpha value is -0.633. The number of hydrogen-bond donors (Lipinski definition) is 0. The number of rotatable bonds is 29. The molecular formula is C38H69ClSi. The van der Waals surface area contributed by atoms with Gasteiger partial charge in [0.15, 0.2) is 0 Å². The van der Waals surface area contributed by atoms with Crippen LogP contribution in [0.3, 0.4) is 0 Å². The average Bonchev–Trinajstić information content (AvgIpc) is 2.96. The van der Waals surface area contributed by atoms with Gasteiger partial charge in [0.1, 0.15) is 0 Å². The van der Waals surface area contributed by atoms with E-state index in [1.807, 2.05) is 5.70 Å². The summed E-state index contributed by atoms with van der Waals surface area (Å²) in [6.45, 7) is 8.53. The molecule has 0 aliphatic rings. The largest absolute Gasteiger partial charge is 0.331 e. The first-order chi connectivity index (χ1) is 19.7. The van der Waals surface area contributed by atoms with Crippen LogP contribution in [-0.4, -0.2) is 7.38 Å². The summed E-state index contributed by atoms with van der Waals surface area (Å²) in [6.07, 6.45) is 40.9. The van der Waals surface area contributed by atoms with Crippen LogP contribution in [-0.2, 0) is 0 Å². The fourth-order valence-electron chi connectivity index (χ4n) is 5.33. The van der Waals surface area contributed by atoms with Crippen LogP contribution < -0.4 is 0 Å². The molecule has 0 atom stereocenters. The molecule has 0 heterocycles. The molecule has 40 heavy (non-hydrogen) atoms. The van der Waals surface area contributed by atoms with E-state index in [4.69, 9.17) is 11.1 Å². The monoisotopic (exact) mass is 588 g/mol. The summed E-state index contributed by atoms with van der Waals surface area (Å²) in [5, 5.41) is 0.